The van der Waals surface area contributed by atoms with Gasteiger partial charge in [0.2, 0.25) is 5.91 Å². The van der Waals surface area contributed by atoms with Crippen molar-refractivity contribution in [2.45, 2.75) is 32.9 Å². The van der Waals surface area contributed by atoms with Crippen LogP contribution in [0.1, 0.15) is 36.0 Å². The molecule has 9 heteroatoms. The number of carbonyl (C=O) groups is 1. The van der Waals surface area contributed by atoms with Crippen molar-refractivity contribution in [3.05, 3.63) is 45.9 Å². The summed E-state index contributed by atoms with van der Waals surface area (Å²) in [6, 6.07) is 7.59. The fourth-order valence-corrected chi connectivity index (χ4v) is 3.12. The topological polar surface area (TPSA) is 87.6 Å². The molecular formula is C19H28IN5O2S. The van der Waals surface area contributed by atoms with E-state index in [1.807, 2.05) is 24.3 Å². The zero-order chi connectivity index (χ0) is 19.6. The van der Waals surface area contributed by atoms with Crippen LogP contribution in [0.5, 0.6) is 5.75 Å². The predicted octanol–water partition coefficient (Wildman–Crippen LogP) is 2.87. The second-order valence-corrected chi connectivity index (χ2v) is 7.17. The van der Waals surface area contributed by atoms with Crippen molar-refractivity contribution in [2.24, 2.45) is 4.99 Å². The van der Waals surface area contributed by atoms with E-state index in [2.05, 4.69) is 45.2 Å². The summed E-state index contributed by atoms with van der Waals surface area (Å²) >= 11 is 1.62. The van der Waals surface area contributed by atoms with E-state index in [1.165, 1.54) is 0 Å². The van der Waals surface area contributed by atoms with Gasteiger partial charge in [0.15, 0.2) is 5.96 Å². The smallest absolute Gasteiger partial charge is 0.239 e. The first-order valence-electron chi connectivity index (χ1n) is 8.80. The van der Waals surface area contributed by atoms with Crippen LogP contribution in [0.4, 0.5) is 0 Å². The number of amides is 1. The molecule has 0 aliphatic rings. The number of thiazole rings is 1. The Labute approximate surface area is 187 Å². The quantitative estimate of drug-likeness (QED) is 0.285. The number of aromatic nitrogens is 1. The maximum absolute atomic E-state index is 12.0. The average Bonchev–Trinajstić information content (AvgIpc) is 3.16. The minimum absolute atomic E-state index is 0. The normalized spacial score (nSPS) is 11.0. The molecule has 154 valence electrons. The zero-order valence-electron chi connectivity index (χ0n) is 16.6. The Morgan fingerprint density at radius 3 is 2.46 bits per heavy atom. The monoisotopic (exact) mass is 517 g/mol. The minimum Gasteiger partial charge on any atom is -0.497 e. The lowest BCUT2D eigenvalue weighted by Crippen LogP contribution is -2.42. The number of nitrogens with one attached hydrogen (secondary N) is 3. The lowest BCUT2D eigenvalue weighted by molar-refractivity contribution is -0.120. The molecular weight excluding hydrogens is 489 g/mol. The Kier molecular flexibility index (Phi) is 10.8. The molecule has 0 spiro atoms. The molecule has 0 unspecified atom stereocenters. The van der Waals surface area contributed by atoms with Gasteiger partial charge in [-0.2, -0.15) is 0 Å². The highest BCUT2D eigenvalue weighted by atomic mass is 127. The van der Waals surface area contributed by atoms with E-state index in [0.29, 0.717) is 25.0 Å². The molecule has 7 nitrogen and oxygen atoms in total. The van der Waals surface area contributed by atoms with Crippen molar-refractivity contribution in [1.29, 1.82) is 0 Å². The van der Waals surface area contributed by atoms with Crippen molar-refractivity contribution < 1.29 is 9.53 Å². The summed E-state index contributed by atoms with van der Waals surface area (Å²) in [4.78, 5) is 20.7. The van der Waals surface area contributed by atoms with E-state index in [0.717, 1.165) is 22.0 Å². The molecule has 2 rings (SSSR count). The van der Waals surface area contributed by atoms with Gasteiger partial charge in [-0.05, 0) is 23.6 Å². The van der Waals surface area contributed by atoms with Crippen LogP contribution in [0, 0.1) is 0 Å². The third kappa shape index (κ3) is 8.01. The number of benzene rings is 1. The minimum atomic E-state index is -0.106. The van der Waals surface area contributed by atoms with Gasteiger partial charge in [-0.1, -0.05) is 26.0 Å². The fraction of sp³-hybridized carbons (Fsp3) is 0.421. The second kappa shape index (κ2) is 12.6. The SMILES string of the molecule is CN=C(NCC(=O)NCc1ccc(OC)cc1)NCc1nc(C(C)C)cs1.I. The first kappa shape index (κ1) is 24.2. The summed E-state index contributed by atoms with van der Waals surface area (Å²) in [5, 5.41) is 12.1. The molecule has 0 saturated carbocycles. The summed E-state index contributed by atoms with van der Waals surface area (Å²) in [7, 11) is 3.30. The van der Waals surface area contributed by atoms with E-state index < -0.39 is 0 Å². The van der Waals surface area contributed by atoms with Crippen LogP contribution in [0.25, 0.3) is 0 Å². The van der Waals surface area contributed by atoms with Crippen LogP contribution in [0.3, 0.4) is 0 Å². The first-order valence-corrected chi connectivity index (χ1v) is 9.68. The van der Waals surface area contributed by atoms with Gasteiger partial charge in [0, 0.05) is 19.0 Å². The molecule has 1 aromatic heterocycles. The molecule has 28 heavy (non-hydrogen) atoms. The number of aliphatic imine (C=N–C) groups is 1. The number of ether oxygens (including phenoxy) is 1. The van der Waals surface area contributed by atoms with Gasteiger partial charge < -0.3 is 20.7 Å². The Morgan fingerprint density at radius 1 is 1.18 bits per heavy atom. The molecule has 0 bridgehead atoms. The lowest BCUT2D eigenvalue weighted by atomic mass is 10.2. The molecule has 1 amide bonds. The van der Waals surface area contributed by atoms with Crippen LogP contribution in [0.15, 0.2) is 34.6 Å². The average molecular weight is 517 g/mol. The molecule has 0 aliphatic heterocycles. The number of hydrogen-bond acceptors (Lipinski definition) is 5. The molecule has 0 saturated heterocycles. The third-order valence-electron chi connectivity index (χ3n) is 3.86. The number of hydrogen-bond donors (Lipinski definition) is 3. The summed E-state index contributed by atoms with van der Waals surface area (Å²) < 4.78 is 5.12. The molecule has 3 N–H and O–H groups in total. The van der Waals surface area contributed by atoms with Gasteiger partial charge in [-0.25, -0.2) is 4.98 Å². The van der Waals surface area contributed by atoms with E-state index in [4.69, 9.17) is 4.74 Å². The first-order chi connectivity index (χ1) is 13.0. The molecule has 0 radical (unpaired) electrons. The van der Waals surface area contributed by atoms with Crippen molar-refractivity contribution in [1.82, 2.24) is 20.9 Å². The molecule has 1 heterocycles. The second-order valence-electron chi connectivity index (χ2n) is 6.22. The molecule has 1 aromatic carbocycles. The molecule has 0 atom stereocenters. The van der Waals surface area contributed by atoms with E-state index in [1.54, 1.807) is 25.5 Å². The van der Waals surface area contributed by atoms with Gasteiger partial charge >= 0.3 is 0 Å². The summed E-state index contributed by atoms with van der Waals surface area (Å²) in [5.41, 5.74) is 2.11. The fourth-order valence-electron chi connectivity index (χ4n) is 2.22. The maximum atomic E-state index is 12.0. The number of guanidine groups is 1. The van der Waals surface area contributed by atoms with Crippen LogP contribution in [-0.4, -0.2) is 37.6 Å². The van der Waals surface area contributed by atoms with Gasteiger partial charge in [-0.15, -0.1) is 35.3 Å². The third-order valence-corrected chi connectivity index (χ3v) is 4.72. The predicted molar refractivity (Wildman–Crippen MR) is 125 cm³/mol. The Hall–Kier alpha value is -1.88. The van der Waals surface area contributed by atoms with Gasteiger partial charge in [0.25, 0.3) is 0 Å². The Morgan fingerprint density at radius 2 is 1.89 bits per heavy atom. The summed E-state index contributed by atoms with van der Waals surface area (Å²) in [5.74, 6) is 1.67. The van der Waals surface area contributed by atoms with Crippen molar-refractivity contribution in [3.8, 4) is 5.75 Å². The maximum Gasteiger partial charge on any atom is 0.239 e. The number of halogens is 1. The van der Waals surface area contributed by atoms with Gasteiger partial charge in [0.1, 0.15) is 10.8 Å². The number of carbonyl (C=O) groups excluding carboxylic acids is 1. The van der Waals surface area contributed by atoms with Crippen LogP contribution < -0.4 is 20.7 Å². The molecule has 0 fully saturated rings. The standard InChI is InChI=1S/C19H27N5O2S.HI/c1-13(2)16-12-27-18(24-16)11-23-19(20-3)22-10-17(25)21-9-14-5-7-15(26-4)8-6-14;/h5-8,12-13H,9-11H2,1-4H3,(H,21,25)(H2,20,22,23);1H. The number of rotatable bonds is 8. The van der Waals surface area contributed by atoms with Gasteiger partial charge in [-0.3, -0.25) is 9.79 Å². The highest BCUT2D eigenvalue weighted by molar-refractivity contribution is 14.0. The lowest BCUT2D eigenvalue weighted by Gasteiger charge is -2.11. The van der Waals surface area contributed by atoms with Crippen LogP contribution in [-0.2, 0) is 17.9 Å². The van der Waals surface area contributed by atoms with Crippen LogP contribution in [0.2, 0.25) is 0 Å². The van der Waals surface area contributed by atoms with Crippen molar-refractivity contribution in [3.63, 3.8) is 0 Å². The Balaban J connectivity index is 0.00000392. The highest BCUT2D eigenvalue weighted by Gasteiger charge is 2.07. The van der Waals surface area contributed by atoms with Crippen LogP contribution >= 0.6 is 35.3 Å². The summed E-state index contributed by atoms with van der Waals surface area (Å²) in [6.45, 7) is 5.43. The zero-order valence-corrected chi connectivity index (χ0v) is 19.8. The van der Waals surface area contributed by atoms with Crippen molar-refractivity contribution >= 4 is 47.2 Å². The van der Waals surface area contributed by atoms with Gasteiger partial charge in [0.05, 0.1) is 25.9 Å². The largest absolute Gasteiger partial charge is 0.497 e. The Bertz CT molecular complexity index is 762. The molecule has 0 aliphatic carbocycles. The molecule has 2 aromatic rings. The van der Waals surface area contributed by atoms with E-state index in [9.17, 15) is 4.79 Å². The van der Waals surface area contributed by atoms with E-state index >= 15 is 0 Å². The summed E-state index contributed by atoms with van der Waals surface area (Å²) in [6.07, 6.45) is 0. The highest BCUT2D eigenvalue weighted by Crippen LogP contribution is 2.17. The van der Waals surface area contributed by atoms with Crippen molar-refractivity contribution in [2.75, 3.05) is 20.7 Å². The van der Waals surface area contributed by atoms with E-state index in [-0.39, 0.29) is 36.4 Å². The number of nitrogens with zero attached hydrogens (tertiary/aromatic N) is 2. The number of methoxy groups -OCH3 is 1.